The smallest absolute Gasteiger partial charge is 0.328 e. The number of rotatable bonds is 6. The fourth-order valence-corrected chi connectivity index (χ4v) is 8.46. The highest BCUT2D eigenvalue weighted by atomic mass is 32.2. The van der Waals surface area contributed by atoms with Crippen LogP contribution in [-0.4, -0.2) is 58.9 Å². The number of hydrogen-bond acceptors (Lipinski definition) is 9. The van der Waals surface area contributed by atoms with E-state index in [9.17, 15) is 25.2 Å². The summed E-state index contributed by atoms with van der Waals surface area (Å²) in [6.45, 7) is 6.05. The lowest BCUT2D eigenvalue weighted by Crippen LogP contribution is -2.64. The third-order valence-electron chi connectivity index (χ3n) is 9.89. The van der Waals surface area contributed by atoms with Gasteiger partial charge in [0.15, 0.2) is 11.4 Å². The number of quaternary nitrogens is 1. The maximum Gasteiger partial charge on any atom is 0.328 e. The molecule has 0 saturated carbocycles. The number of carbonyl (C=O) groups excluding carboxylic acids is 1. The Kier molecular flexibility index (Phi) is 8.08. The average molecular weight is 724 g/mol. The molecule has 7 rings (SSSR count). The zero-order chi connectivity index (χ0) is 36.6. The summed E-state index contributed by atoms with van der Waals surface area (Å²) in [7, 11) is 3.35. The normalized spacial score (nSPS) is 19.8. The lowest BCUT2D eigenvalue weighted by Gasteiger charge is -2.50. The minimum Gasteiger partial charge on any atom is -0.508 e. The van der Waals surface area contributed by atoms with E-state index in [1.165, 1.54) is 29.2 Å². The maximum absolute atomic E-state index is 13.5. The van der Waals surface area contributed by atoms with Gasteiger partial charge in [0, 0.05) is 56.8 Å². The molecule has 13 heteroatoms. The summed E-state index contributed by atoms with van der Waals surface area (Å²) < 4.78 is 1.42. The molecule has 51 heavy (non-hydrogen) atoms. The number of phenolic OH excluding ortho intramolecular Hbond substituents is 4. The highest BCUT2D eigenvalue weighted by Crippen LogP contribution is 2.67. The van der Waals surface area contributed by atoms with Gasteiger partial charge in [-0.2, -0.15) is 4.48 Å². The number of aryl methyl sites for hydroxylation is 1. The van der Waals surface area contributed by atoms with Crippen LogP contribution in [0.25, 0.3) is 21.8 Å². The molecular weight excluding hydrogens is 685 g/mol. The van der Waals surface area contributed by atoms with Gasteiger partial charge in [-0.15, -0.1) is 5.11 Å². The van der Waals surface area contributed by atoms with Crippen LogP contribution >= 0.6 is 25.3 Å². The summed E-state index contributed by atoms with van der Waals surface area (Å²) in [5.74, 6) is -0.959. The largest absolute Gasteiger partial charge is 0.508 e. The standard InChI is InChI=1S/C38H38N6O5S2/c1-6-23-19-28(35(48)21-33(23)46)37(27-14-13-24(45)20-34(27)47)39-40-38(50,51)44(37,31-11-7-9-29-25(31)15-17-42(29)22(2)3)32-12-8-10-30-26(32)16-18-43(30)36(49)41(4)5/h7-22H,6H2,1-5H3,(H5-,45,46,47,48,50,51)/p+1. The van der Waals surface area contributed by atoms with Crippen molar-refractivity contribution < 1.29 is 25.2 Å². The molecule has 262 valence electrons. The number of aromatic hydroxyl groups is 4. The number of thiol groups is 2. The second-order valence-corrected chi connectivity index (χ2v) is 14.9. The molecule has 0 fully saturated rings. The van der Waals surface area contributed by atoms with E-state index in [1.54, 1.807) is 30.9 Å². The van der Waals surface area contributed by atoms with Gasteiger partial charge in [-0.25, -0.2) is 4.79 Å². The van der Waals surface area contributed by atoms with Gasteiger partial charge in [0.2, 0.25) is 0 Å². The first-order valence-corrected chi connectivity index (χ1v) is 17.4. The van der Waals surface area contributed by atoms with E-state index >= 15 is 0 Å². The first-order valence-electron chi connectivity index (χ1n) is 16.5. The van der Waals surface area contributed by atoms with Crippen LogP contribution in [0, 0.1) is 0 Å². The molecule has 1 aliphatic heterocycles. The molecule has 1 amide bonds. The Morgan fingerprint density at radius 2 is 1.43 bits per heavy atom. The average Bonchev–Trinajstić information content (AvgIpc) is 3.78. The Balaban J connectivity index is 1.78. The van der Waals surface area contributed by atoms with Crippen molar-refractivity contribution in [1.82, 2.24) is 18.5 Å². The molecule has 6 aromatic rings. The van der Waals surface area contributed by atoms with E-state index < -0.39 is 14.5 Å². The summed E-state index contributed by atoms with van der Waals surface area (Å²) in [6, 6.07) is 22.2. The molecule has 2 atom stereocenters. The Morgan fingerprint density at radius 1 is 0.804 bits per heavy atom. The summed E-state index contributed by atoms with van der Waals surface area (Å²) in [4.78, 5) is 14.9. The fourth-order valence-electron chi connectivity index (χ4n) is 7.65. The number of carbonyl (C=O) groups is 1. The van der Waals surface area contributed by atoms with Crippen molar-refractivity contribution in [2.24, 2.45) is 10.2 Å². The number of amides is 1. The molecule has 0 aliphatic carbocycles. The van der Waals surface area contributed by atoms with Crippen molar-refractivity contribution >= 4 is 64.5 Å². The topological polar surface area (TPSA) is 136 Å². The highest BCUT2D eigenvalue weighted by molar-refractivity contribution is 8.00. The number of nitrogens with zero attached hydrogens (tertiary/aromatic N) is 6. The summed E-state index contributed by atoms with van der Waals surface area (Å²) in [5.41, 5.74) is 1.56. The van der Waals surface area contributed by atoms with Crippen LogP contribution in [0.1, 0.15) is 43.5 Å². The number of azo groups is 1. The van der Waals surface area contributed by atoms with Gasteiger partial charge in [0.1, 0.15) is 23.0 Å². The predicted molar refractivity (Wildman–Crippen MR) is 205 cm³/mol. The van der Waals surface area contributed by atoms with Crippen LogP contribution in [0.2, 0.25) is 0 Å². The van der Waals surface area contributed by atoms with Crippen LogP contribution in [-0.2, 0) is 12.1 Å². The Morgan fingerprint density at radius 3 is 2.06 bits per heavy atom. The van der Waals surface area contributed by atoms with Crippen molar-refractivity contribution in [3.05, 3.63) is 108 Å². The van der Waals surface area contributed by atoms with E-state index in [-0.39, 0.29) is 46.2 Å². The molecule has 4 aromatic carbocycles. The fraction of sp³-hybridized carbons (Fsp3) is 0.237. The van der Waals surface area contributed by atoms with Crippen molar-refractivity contribution in [3.8, 4) is 23.0 Å². The molecule has 11 nitrogen and oxygen atoms in total. The molecule has 0 bridgehead atoms. The van der Waals surface area contributed by atoms with Gasteiger partial charge in [0.05, 0.1) is 32.9 Å². The first kappa shape index (κ1) is 34.3. The third kappa shape index (κ3) is 4.68. The molecule has 4 N–H and O–H groups in total. The summed E-state index contributed by atoms with van der Waals surface area (Å²) >= 11 is 10.5. The minimum atomic E-state index is -1.92. The second kappa shape index (κ2) is 12.0. The predicted octanol–water partition coefficient (Wildman–Crippen LogP) is 8.57. The van der Waals surface area contributed by atoms with Crippen LogP contribution in [0.3, 0.4) is 0 Å². The number of benzene rings is 4. The molecule has 2 aromatic heterocycles. The first-order chi connectivity index (χ1) is 24.2. The molecule has 0 spiro atoms. The van der Waals surface area contributed by atoms with Gasteiger partial charge in [0.25, 0.3) is 5.66 Å². The third-order valence-corrected chi connectivity index (χ3v) is 10.7. The zero-order valence-electron chi connectivity index (χ0n) is 28.7. The van der Waals surface area contributed by atoms with Gasteiger partial charge in [-0.05, 0) is 68.3 Å². The van der Waals surface area contributed by atoms with Crippen molar-refractivity contribution in [2.75, 3.05) is 14.1 Å². The van der Waals surface area contributed by atoms with Crippen LogP contribution in [0.5, 0.6) is 23.0 Å². The monoisotopic (exact) mass is 723 g/mol. The Labute approximate surface area is 305 Å². The quantitative estimate of drug-likeness (QED) is 0.0582. The van der Waals surface area contributed by atoms with Crippen molar-refractivity contribution in [1.29, 1.82) is 0 Å². The number of hydrogen-bond donors (Lipinski definition) is 6. The lowest BCUT2D eigenvalue weighted by molar-refractivity contribution is 0.220. The minimum absolute atomic E-state index is 0.101. The van der Waals surface area contributed by atoms with E-state index in [0.29, 0.717) is 34.3 Å². The number of aromatic nitrogens is 2. The van der Waals surface area contributed by atoms with Gasteiger partial charge in [-0.1, -0.05) is 49.4 Å². The van der Waals surface area contributed by atoms with Gasteiger partial charge >= 0.3 is 10.4 Å². The number of phenols is 4. The zero-order valence-corrected chi connectivity index (χ0v) is 30.5. The molecule has 2 unspecified atom stereocenters. The molecule has 0 saturated heterocycles. The summed E-state index contributed by atoms with van der Waals surface area (Å²) in [5, 5.41) is 56.5. The maximum atomic E-state index is 13.5. The molecular formula is C38H39N6O5S2+. The van der Waals surface area contributed by atoms with Crippen molar-refractivity contribution in [2.45, 2.75) is 43.2 Å². The Hall–Kier alpha value is -5.11. The lowest BCUT2D eigenvalue weighted by atomic mass is 9.83. The van der Waals surface area contributed by atoms with Crippen molar-refractivity contribution in [3.63, 3.8) is 0 Å². The second-order valence-electron chi connectivity index (χ2n) is 13.3. The van der Waals surface area contributed by atoms with E-state index in [2.05, 4.69) is 18.4 Å². The van der Waals surface area contributed by atoms with Crippen LogP contribution in [0.4, 0.5) is 16.2 Å². The molecule has 3 heterocycles. The highest BCUT2D eigenvalue weighted by Gasteiger charge is 2.73. The van der Waals surface area contributed by atoms with Gasteiger partial charge < -0.3 is 29.9 Å². The van der Waals surface area contributed by atoms with Crippen LogP contribution in [0.15, 0.2) is 101 Å². The molecule has 0 radical (unpaired) electrons. The molecule has 1 aliphatic rings. The Bertz CT molecular complexity index is 2400. The SMILES string of the molecule is CCc1cc(C2(c3ccc(O)cc3O)N=NC(S)(S)[N+]2(c2cccc3c2ccn3C(=O)N(C)C)c2cccc3c2ccn3C(C)C)c(O)cc1O. The van der Waals surface area contributed by atoms with Crippen LogP contribution < -0.4 is 4.48 Å². The number of fused-ring (bicyclic) bond motifs is 2. The summed E-state index contributed by atoms with van der Waals surface area (Å²) in [6.07, 6.45) is 4.09. The van der Waals surface area contributed by atoms with E-state index in [1.807, 2.05) is 61.7 Å². The van der Waals surface area contributed by atoms with Gasteiger partial charge in [-0.3, -0.25) is 4.57 Å². The van der Waals surface area contributed by atoms with E-state index in [4.69, 9.17) is 35.5 Å². The van der Waals surface area contributed by atoms with E-state index in [0.717, 1.165) is 10.9 Å².